The molecule has 0 bridgehead atoms. The number of nitrogens with two attached hydrogens (primary N) is 1. The maximum Gasteiger partial charge on any atom is 0.223 e. The molecule has 4 fully saturated rings. The summed E-state index contributed by atoms with van der Waals surface area (Å²) in [4.78, 5) is 15.9. The Balaban J connectivity index is 1.40. The third-order valence-electron chi connectivity index (χ3n) is 9.33. The number of hydrogen-bond acceptors (Lipinski definition) is 6. The fourth-order valence-electron chi connectivity index (χ4n) is 7.38. The number of alkyl halides is 1. The van der Waals surface area contributed by atoms with Crippen LogP contribution < -0.4 is 21.8 Å². The lowest BCUT2D eigenvalue weighted by Crippen LogP contribution is -2.61. The van der Waals surface area contributed by atoms with Crippen LogP contribution in [0.2, 0.25) is 0 Å². The highest BCUT2D eigenvalue weighted by Crippen LogP contribution is 2.40. The summed E-state index contributed by atoms with van der Waals surface area (Å²) in [6, 6.07) is 0.748. The molecule has 2 aliphatic heterocycles. The van der Waals surface area contributed by atoms with Crippen LogP contribution in [-0.4, -0.2) is 80.0 Å². The zero-order chi connectivity index (χ0) is 24.9. The largest absolute Gasteiger partial charge is 0.356 e. The highest BCUT2D eigenvalue weighted by Gasteiger charge is 2.49. The summed E-state index contributed by atoms with van der Waals surface area (Å²) in [5.41, 5.74) is 9.37. The van der Waals surface area contributed by atoms with E-state index in [1.54, 1.807) is 0 Å². The summed E-state index contributed by atoms with van der Waals surface area (Å²) in [6.07, 6.45) is 8.64. The summed E-state index contributed by atoms with van der Waals surface area (Å²) >= 11 is 0. The molecule has 8 heteroatoms. The summed E-state index contributed by atoms with van der Waals surface area (Å²) in [5, 5.41) is 9.67. The Labute approximate surface area is 212 Å². The van der Waals surface area contributed by atoms with Crippen molar-refractivity contribution in [3.63, 3.8) is 0 Å². The molecule has 5 N–H and O–H groups in total. The first kappa shape index (κ1) is 27.2. The number of carbonyl (C=O) groups is 1. The van der Waals surface area contributed by atoms with Crippen molar-refractivity contribution in [1.29, 1.82) is 0 Å². The minimum atomic E-state index is -0.645. The van der Waals surface area contributed by atoms with Crippen molar-refractivity contribution in [2.45, 2.75) is 96.1 Å². The molecule has 0 aromatic heterocycles. The summed E-state index contributed by atoms with van der Waals surface area (Å²) in [6.45, 7) is 8.79. The molecule has 4 rings (SSSR count). The standard InChI is InChI=1S/C27H51FN6O/c1-18(2)34-26-24(16-31-34)23(27(35)30-15-19-7-9-22(28)10-8-19)14-25(32-26)21-6-4-5-20(13-21)17-33(3)12-11-29/h18-26,31-32H,4-17,29H2,1-3H3,(H,30,35). The number of rotatable bonds is 9. The van der Waals surface area contributed by atoms with Gasteiger partial charge in [0.1, 0.15) is 6.17 Å². The molecular weight excluding hydrogens is 443 g/mol. The number of nitrogens with one attached hydrogen (secondary N) is 3. The van der Waals surface area contributed by atoms with Crippen molar-refractivity contribution < 1.29 is 9.18 Å². The predicted octanol–water partition coefficient (Wildman–Crippen LogP) is 2.48. The molecule has 2 heterocycles. The summed E-state index contributed by atoms with van der Waals surface area (Å²) < 4.78 is 13.5. The molecule has 35 heavy (non-hydrogen) atoms. The Hall–Kier alpha value is -0.800. The van der Waals surface area contributed by atoms with E-state index in [0.717, 1.165) is 38.9 Å². The highest BCUT2D eigenvalue weighted by atomic mass is 19.1. The minimum absolute atomic E-state index is 0.0281. The van der Waals surface area contributed by atoms with Crippen LogP contribution in [0, 0.1) is 29.6 Å². The van der Waals surface area contributed by atoms with E-state index in [2.05, 4.69) is 46.9 Å². The van der Waals surface area contributed by atoms with Gasteiger partial charge in [-0.15, -0.1) is 0 Å². The van der Waals surface area contributed by atoms with Crippen LogP contribution in [0.3, 0.4) is 0 Å². The van der Waals surface area contributed by atoms with E-state index in [4.69, 9.17) is 5.73 Å². The molecule has 2 saturated carbocycles. The molecule has 0 radical (unpaired) electrons. The van der Waals surface area contributed by atoms with Gasteiger partial charge >= 0.3 is 0 Å². The molecule has 0 spiro atoms. The molecule has 6 unspecified atom stereocenters. The van der Waals surface area contributed by atoms with Gasteiger partial charge in [0.15, 0.2) is 0 Å². The number of amides is 1. The Bertz CT molecular complexity index is 672. The van der Waals surface area contributed by atoms with Gasteiger partial charge in [0, 0.05) is 56.6 Å². The predicted molar refractivity (Wildman–Crippen MR) is 139 cm³/mol. The van der Waals surface area contributed by atoms with Gasteiger partial charge in [0.25, 0.3) is 0 Å². The lowest BCUT2D eigenvalue weighted by molar-refractivity contribution is -0.129. The second kappa shape index (κ2) is 12.6. The van der Waals surface area contributed by atoms with Gasteiger partial charge in [-0.1, -0.05) is 6.42 Å². The first-order chi connectivity index (χ1) is 16.9. The molecule has 2 saturated heterocycles. The van der Waals surface area contributed by atoms with Crippen LogP contribution in [0.15, 0.2) is 0 Å². The Morgan fingerprint density at radius 2 is 1.91 bits per heavy atom. The zero-order valence-corrected chi connectivity index (χ0v) is 22.4. The summed E-state index contributed by atoms with van der Waals surface area (Å²) in [7, 11) is 2.19. The first-order valence-corrected chi connectivity index (χ1v) is 14.4. The first-order valence-electron chi connectivity index (χ1n) is 14.4. The summed E-state index contributed by atoms with van der Waals surface area (Å²) in [5.74, 6) is 2.29. The van der Waals surface area contributed by atoms with Crippen molar-refractivity contribution in [3.05, 3.63) is 0 Å². The van der Waals surface area contributed by atoms with E-state index in [0.29, 0.717) is 55.8 Å². The Morgan fingerprint density at radius 3 is 2.63 bits per heavy atom. The number of hydrogen-bond donors (Lipinski definition) is 4. The van der Waals surface area contributed by atoms with E-state index in [1.807, 2.05) is 0 Å². The number of carbonyl (C=O) groups excluding carboxylic acids is 1. The number of nitrogens with zero attached hydrogens (tertiary/aromatic N) is 2. The lowest BCUT2D eigenvalue weighted by Gasteiger charge is -2.46. The van der Waals surface area contributed by atoms with Crippen molar-refractivity contribution >= 4 is 5.91 Å². The topological polar surface area (TPSA) is 85.7 Å². The maximum atomic E-state index is 13.6. The third-order valence-corrected chi connectivity index (χ3v) is 9.33. The Morgan fingerprint density at radius 1 is 1.14 bits per heavy atom. The van der Waals surface area contributed by atoms with E-state index in [-0.39, 0.29) is 23.9 Å². The van der Waals surface area contributed by atoms with Gasteiger partial charge in [-0.25, -0.2) is 9.40 Å². The van der Waals surface area contributed by atoms with E-state index in [1.165, 1.54) is 25.7 Å². The maximum absolute atomic E-state index is 13.6. The fourth-order valence-corrected chi connectivity index (χ4v) is 7.38. The molecule has 7 nitrogen and oxygen atoms in total. The van der Waals surface area contributed by atoms with Crippen LogP contribution in [-0.2, 0) is 4.79 Å². The van der Waals surface area contributed by atoms with Gasteiger partial charge in [0.2, 0.25) is 5.91 Å². The molecule has 1 amide bonds. The van der Waals surface area contributed by atoms with Crippen molar-refractivity contribution in [2.24, 2.45) is 35.3 Å². The number of halogens is 1. The van der Waals surface area contributed by atoms with Crippen LogP contribution in [0.5, 0.6) is 0 Å². The number of hydrazine groups is 1. The van der Waals surface area contributed by atoms with Crippen LogP contribution >= 0.6 is 0 Å². The second-order valence-corrected chi connectivity index (χ2v) is 12.3. The van der Waals surface area contributed by atoms with Gasteiger partial charge in [0.05, 0.1) is 6.17 Å². The molecule has 0 aromatic rings. The van der Waals surface area contributed by atoms with Crippen molar-refractivity contribution in [2.75, 3.05) is 39.8 Å². The molecule has 2 aliphatic carbocycles. The molecule has 0 aromatic carbocycles. The van der Waals surface area contributed by atoms with Crippen LogP contribution in [0.25, 0.3) is 0 Å². The minimum Gasteiger partial charge on any atom is -0.356 e. The molecule has 4 aliphatic rings. The van der Waals surface area contributed by atoms with Gasteiger partial charge in [-0.3, -0.25) is 15.5 Å². The average Bonchev–Trinajstić information content (AvgIpc) is 3.27. The monoisotopic (exact) mass is 494 g/mol. The van der Waals surface area contributed by atoms with Crippen LogP contribution in [0.4, 0.5) is 4.39 Å². The second-order valence-electron chi connectivity index (χ2n) is 12.3. The van der Waals surface area contributed by atoms with Gasteiger partial charge in [-0.2, -0.15) is 0 Å². The smallest absolute Gasteiger partial charge is 0.223 e. The fraction of sp³-hybridized carbons (Fsp3) is 0.963. The number of likely N-dealkylation sites (N-methyl/N-ethyl adjacent to an activating group) is 1. The van der Waals surface area contributed by atoms with Crippen molar-refractivity contribution in [1.82, 2.24) is 26.0 Å². The molecule has 6 atom stereocenters. The number of piperidine rings is 1. The van der Waals surface area contributed by atoms with E-state index < -0.39 is 6.17 Å². The normalized spacial score (nSPS) is 38.6. The van der Waals surface area contributed by atoms with Crippen LogP contribution in [0.1, 0.15) is 71.6 Å². The molecular formula is C27H51FN6O. The Kier molecular flexibility index (Phi) is 9.83. The van der Waals surface area contributed by atoms with Gasteiger partial charge < -0.3 is 16.0 Å². The van der Waals surface area contributed by atoms with E-state index in [9.17, 15) is 9.18 Å². The lowest BCUT2D eigenvalue weighted by atomic mass is 9.71. The quantitative estimate of drug-likeness (QED) is 0.394. The van der Waals surface area contributed by atoms with E-state index >= 15 is 0 Å². The molecule has 202 valence electrons. The third kappa shape index (κ3) is 6.95. The zero-order valence-electron chi connectivity index (χ0n) is 22.4. The van der Waals surface area contributed by atoms with Gasteiger partial charge in [-0.05, 0) is 90.0 Å². The van der Waals surface area contributed by atoms with Crippen molar-refractivity contribution in [3.8, 4) is 0 Å². The highest BCUT2D eigenvalue weighted by molar-refractivity contribution is 5.79. The number of fused-ring (bicyclic) bond motifs is 1. The average molecular weight is 495 g/mol. The SMILES string of the molecule is CC(C)N1NCC2C(C(=O)NCC3CCC(F)CC3)CC(C3CCCC(CN(C)CCN)C3)NC21.